The number of amides is 2. The van der Waals surface area contributed by atoms with Crippen molar-refractivity contribution in [2.75, 3.05) is 13.6 Å². The van der Waals surface area contributed by atoms with Gasteiger partial charge in [0.2, 0.25) is 0 Å². The van der Waals surface area contributed by atoms with Gasteiger partial charge in [0, 0.05) is 13.6 Å². The Balaban J connectivity index is 2.44. The first kappa shape index (κ1) is 17.9. The van der Waals surface area contributed by atoms with Crippen molar-refractivity contribution in [2.24, 2.45) is 0 Å². The summed E-state index contributed by atoms with van der Waals surface area (Å²) in [4.78, 5) is 24.9. The fourth-order valence-electron chi connectivity index (χ4n) is 1.86. The first-order chi connectivity index (χ1) is 10.3. The van der Waals surface area contributed by atoms with Crippen molar-refractivity contribution in [1.82, 2.24) is 10.2 Å². The second-order valence-electron chi connectivity index (χ2n) is 5.36. The number of benzene rings is 1. The van der Waals surface area contributed by atoms with Crippen LogP contribution in [-0.4, -0.2) is 36.6 Å². The maximum Gasteiger partial charge on any atom is 0.317 e. The van der Waals surface area contributed by atoms with Crippen LogP contribution in [0.5, 0.6) is 0 Å². The Morgan fingerprint density at radius 1 is 1.23 bits per heavy atom. The maximum absolute atomic E-state index is 12.9. The smallest absolute Gasteiger partial charge is 0.317 e. The van der Waals surface area contributed by atoms with Gasteiger partial charge in [-0.2, -0.15) is 0 Å². The van der Waals surface area contributed by atoms with Gasteiger partial charge in [-0.1, -0.05) is 12.1 Å². The highest BCUT2D eigenvalue weighted by atomic mass is 19.1. The summed E-state index contributed by atoms with van der Waals surface area (Å²) in [6.45, 7) is 5.61. The van der Waals surface area contributed by atoms with Gasteiger partial charge < -0.3 is 15.0 Å². The largest absolute Gasteiger partial charge is 0.463 e. The molecule has 22 heavy (non-hydrogen) atoms. The molecule has 1 N–H and O–H groups in total. The summed E-state index contributed by atoms with van der Waals surface area (Å²) in [7, 11) is 1.65. The lowest BCUT2D eigenvalue weighted by molar-refractivity contribution is -0.147. The number of rotatable bonds is 6. The van der Waals surface area contributed by atoms with Crippen LogP contribution in [0.4, 0.5) is 9.18 Å². The summed E-state index contributed by atoms with van der Waals surface area (Å²) in [5, 5.41) is 2.66. The van der Waals surface area contributed by atoms with Gasteiger partial charge in [0.1, 0.15) is 5.82 Å². The van der Waals surface area contributed by atoms with Gasteiger partial charge in [-0.15, -0.1) is 0 Å². The van der Waals surface area contributed by atoms with Crippen molar-refractivity contribution < 1.29 is 18.7 Å². The molecule has 0 aliphatic rings. The summed E-state index contributed by atoms with van der Waals surface area (Å²) >= 11 is 0. The Hall–Kier alpha value is -2.11. The predicted octanol–water partition coefficient (Wildman–Crippen LogP) is 2.87. The third-order valence-corrected chi connectivity index (χ3v) is 3.23. The molecule has 1 aromatic carbocycles. The van der Waals surface area contributed by atoms with Crippen LogP contribution < -0.4 is 5.32 Å². The number of carbonyl (C=O) groups is 2. The molecule has 0 heterocycles. The molecular formula is C16H23FN2O3. The van der Waals surface area contributed by atoms with Crippen LogP contribution in [0.25, 0.3) is 0 Å². The highest BCUT2D eigenvalue weighted by Gasteiger charge is 2.17. The molecule has 1 aromatic rings. The average molecular weight is 310 g/mol. The molecule has 0 unspecified atom stereocenters. The lowest BCUT2D eigenvalue weighted by Crippen LogP contribution is -2.39. The first-order valence-corrected chi connectivity index (χ1v) is 7.27. The van der Waals surface area contributed by atoms with Crippen molar-refractivity contribution >= 4 is 12.0 Å². The summed E-state index contributed by atoms with van der Waals surface area (Å²) < 4.78 is 17.9. The van der Waals surface area contributed by atoms with E-state index < -0.39 is 0 Å². The minimum atomic E-state index is -0.343. The van der Waals surface area contributed by atoms with Crippen LogP contribution in [-0.2, 0) is 9.53 Å². The molecule has 0 spiro atoms. The number of nitrogens with zero attached hydrogens (tertiary/aromatic N) is 1. The van der Waals surface area contributed by atoms with Gasteiger partial charge in [0.25, 0.3) is 0 Å². The molecule has 6 heteroatoms. The van der Waals surface area contributed by atoms with Crippen LogP contribution in [0, 0.1) is 5.82 Å². The van der Waals surface area contributed by atoms with Crippen LogP contribution in [0.3, 0.4) is 0 Å². The van der Waals surface area contributed by atoms with Gasteiger partial charge in [-0.05, 0) is 38.5 Å². The molecule has 0 saturated heterocycles. The molecule has 0 saturated carbocycles. The number of hydrogen-bond acceptors (Lipinski definition) is 3. The Kier molecular flexibility index (Phi) is 6.82. The number of esters is 1. The zero-order valence-electron chi connectivity index (χ0n) is 13.4. The quantitative estimate of drug-likeness (QED) is 0.822. The van der Waals surface area contributed by atoms with E-state index in [0.717, 1.165) is 5.56 Å². The van der Waals surface area contributed by atoms with E-state index >= 15 is 0 Å². The van der Waals surface area contributed by atoms with E-state index in [1.807, 2.05) is 6.92 Å². The molecule has 1 rings (SSSR count). The van der Waals surface area contributed by atoms with Gasteiger partial charge in [-0.3, -0.25) is 4.79 Å². The van der Waals surface area contributed by atoms with E-state index in [1.54, 1.807) is 33.0 Å². The number of hydrogen-bond donors (Lipinski definition) is 1. The summed E-state index contributed by atoms with van der Waals surface area (Å²) in [6.07, 6.45) is -0.0349. The van der Waals surface area contributed by atoms with Gasteiger partial charge in [0.15, 0.2) is 0 Å². The molecule has 0 aliphatic heterocycles. The van der Waals surface area contributed by atoms with Crippen molar-refractivity contribution in [3.8, 4) is 0 Å². The number of carbonyl (C=O) groups excluding carboxylic acids is 2. The lowest BCUT2D eigenvalue weighted by atomic mass is 10.1. The minimum absolute atomic E-state index is 0.128. The number of nitrogens with one attached hydrogen (secondary N) is 1. The molecule has 0 aromatic heterocycles. The van der Waals surface area contributed by atoms with Crippen LogP contribution in [0.1, 0.15) is 38.8 Å². The number of ether oxygens (including phenoxy) is 1. The SMILES string of the molecule is CC(C)OC(=O)CCNC(=O)N(C)[C@H](C)c1ccc(F)cc1. The van der Waals surface area contributed by atoms with Crippen LogP contribution in [0.15, 0.2) is 24.3 Å². The fraction of sp³-hybridized carbons (Fsp3) is 0.500. The van der Waals surface area contributed by atoms with Crippen molar-refractivity contribution in [2.45, 2.75) is 39.3 Å². The lowest BCUT2D eigenvalue weighted by Gasteiger charge is -2.25. The fourth-order valence-corrected chi connectivity index (χ4v) is 1.86. The predicted molar refractivity (Wildman–Crippen MR) is 81.8 cm³/mol. The normalized spacial score (nSPS) is 11.9. The molecule has 5 nitrogen and oxygen atoms in total. The number of urea groups is 1. The summed E-state index contributed by atoms with van der Waals surface area (Å²) in [5.74, 6) is -0.656. The second kappa shape index (κ2) is 8.36. The molecule has 0 radical (unpaired) electrons. The van der Waals surface area contributed by atoms with Crippen LogP contribution in [0.2, 0.25) is 0 Å². The van der Waals surface area contributed by atoms with Crippen LogP contribution >= 0.6 is 0 Å². The van der Waals surface area contributed by atoms with E-state index in [0.29, 0.717) is 0 Å². The zero-order chi connectivity index (χ0) is 16.7. The highest BCUT2D eigenvalue weighted by molar-refractivity contribution is 5.75. The topological polar surface area (TPSA) is 58.6 Å². The minimum Gasteiger partial charge on any atom is -0.463 e. The van der Waals surface area contributed by atoms with E-state index in [1.165, 1.54) is 17.0 Å². The second-order valence-corrected chi connectivity index (χ2v) is 5.36. The average Bonchev–Trinajstić information content (AvgIpc) is 2.45. The van der Waals surface area contributed by atoms with Crippen molar-refractivity contribution in [3.05, 3.63) is 35.6 Å². The maximum atomic E-state index is 12.9. The van der Waals surface area contributed by atoms with E-state index in [9.17, 15) is 14.0 Å². The molecule has 1 atom stereocenters. The molecule has 2 amide bonds. The Morgan fingerprint density at radius 2 is 1.82 bits per heavy atom. The summed E-state index contributed by atoms with van der Waals surface area (Å²) in [6, 6.07) is 5.50. The Bertz CT molecular complexity index is 503. The molecular weight excluding hydrogens is 287 g/mol. The van der Waals surface area contributed by atoms with Gasteiger partial charge >= 0.3 is 12.0 Å². The van der Waals surface area contributed by atoms with Crippen molar-refractivity contribution in [3.63, 3.8) is 0 Å². The molecule has 0 bridgehead atoms. The monoisotopic (exact) mass is 310 g/mol. The van der Waals surface area contributed by atoms with E-state index in [2.05, 4.69) is 5.32 Å². The molecule has 122 valence electrons. The summed E-state index contributed by atoms with van der Waals surface area (Å²) in [5.41, 5.74) is 0.832. The molecule has 0 aliphatic carbocycles. The standard InChI is InChI=1S/C16H23FN2O3/c1-11(2)22-15(20)9-10-18-16(21)19(4)12(3)13-5-7-14(17)8-6-13/h5-8,11-12H,9-10H2,1-4H3,(H,18,21)/t12-/m1/s1. The Morgan fingerprint density at radius 3 is 2.36 bits per heavy atom. The number of halogens is 1. The van der Waals surface area contributed by atoms with E-state index in [-0.39, 0.29) is 42.9 Å². The Labute approximate surface area is 130 Å². The zero-order valence-corrected chi connectivity index (χ0v) is 13.4. The van der Waals surface area contributed by atoms with Gasteiger partial charge in [-0.25, -0.2) is 9.18 Å². The van der Waals surface area contributed by atoms with E-state index in [4.69, 9.17) is 4.74 Å². The highest BCUT2D eigenvalue weighted by Crippen LogP contribution is 2.18. The molecule has 0 fully saturated rings. The van der Waals surface area contributed by atoms with Crippen molar-refractivity contribution in [1.29, 1.82) is 0 Å². The van der Waals surface area contributed by atoms with Gasteiger partial charge in [0.05, 0.1) is 18.6 Å². The third kappa shape index (κ3) is 5.71. The first-order valence-electron chi connectivity index (χ1n) is 7.27. The third-order valence-electron chi connectivity index (χ3n) is 3.23.